The molecule has 32 heavy (non-hydrogen) atoms. The second kappa shape index (κ2) is 9.12. The van der Waals surface area contributed by atoms with Crippen LogP contribution in [0.15, 0.2) is 6.33 Å². The second-order valence-electron chi connectivity index (χ2n) is 7.58. The summed E-state index contributed by atoms with van der Waals surface area (Å²) in [6, 6.07) is 0.128. The lowest BCUT2D eigenvalue weighted by Crippen LogP contribution is -2.47. The monoisotopic (exact) mass is 451 g/mol. The van der Waals surface area contributed by atoms with Crippen LogP contribution in [0.4, 0.5) is 17.3 Å². The highest BCUT2D eigenvalue weighted by Crippen LogP contribution is 2.40. The van der Waals surface area contributed by atoms with E-state index in [-0.39, 0.29) is 12.7 Å². The van der Waals surface area contributed by atoms with Crippen molar-refractivity contribution in [2.24, 2.45) is 0 Å². The zero-order chi connectivity index (χ0) is 22.8. The Labute approximate surface area is 183 Å². The average Bonchev–Trinajstić information content (AvgIpc) is 3.43. The van der Waals surface area contributed by atoms with Crippen LogP contribution in [-0.4, -0.2) is 78.5 Å². The van der Waals surface area contributed by atoms with E-state index in [1.165, 1.54) is 27.1 Å². The first-order valence-corrected chi connectivity index (χ1v) is 10.2. The van der Waals surface area contributed by atoms with Gasteiger partial charge in [-0.25, -0.2) is 9.97 Å². The number of carbonyl (C=O) groups excluding carboxylic acids is 3. The quantitative estimate of drug-likeness (QED) is 0.441. The molecule has 2 N–H and O–H groups in total. The fourth-order valence-electron chi connectivity index (χ4n) is 3.91. The van der Waals surface area contributed by atoms with E-state index < -0.39 is 42.6 Å². The van der Waals surface area contributed by atoms with E-state index in [1.807, 2.05) is 0 Å². The largest absolute Gasteiger partial charge is 0.453 e. The topological polar surface area (TPSA) is 150 Å². The Hall–Kier alpha value is -3.19. The molecule has 0 aliphatic carbocycles. The van der Waals surface area contributed by atoms with Crippen LogP contribution in [0.5, 0.6) is 0 Å². The van der Waals surface area contributed by atoms with Crippen molar-refractivity contribution in [2.45, 2.75) is 58.0 Å². The summed E-state index contributed by atoms with van der Waals surface area (Å²) in [6.45, 7) is 5.13. The number of aromatic nitrogens is 2. The third-order valence-electron chi connectivity index (χ3n) is 5.14. The molecule has 0 amide bonds. The first kappa shape index (κ1) is 22.0. The molecule has 13 heteroatoms. The van der Waals surface area contributed by atoms with E-state index in [4.69, 9.17) is 23.7 Å². The molecule has 4 rings (SSSR count). The molecule has 13 nitrogen and oxygen atoms in total. The van der Waals surface area contributed by atoms with Gasteiger partial charge in [-0.3, -0.25) is 14.4 Å². The van der Waals surface area contributed by atoms with Crippen LogP contribution in [0.1, 0.15) is 27.2 Å². The number of carbonyl (C=O) groups is 3. The molecule has 2 fully saturated rings. The van der Waals surface area contributed by atoms with Gasteiger partial charge in [-0.1, -0.05) is 0 Å². The molecule has 1 aromatic rings. The van der Waals surface area contributed by atoms with E-state index in [9.17, 15) is 14.4 Å². The zero-order valence-corrected chi connectivity index (χ0v) is 17.9. The van der Waals surface area contributed by atoms with Gasteiger partial charge in [-0.2, -0.15) is 0 Å². The predicted octanol–water partition coefficient (Wildman–Crippen LogP) is -0.0243. The van der Waals surface area contributed by atoms with Crippen molar-refractivity contribution >= 4 is 35.2 Å². The van der Waals surface area contributed by atoms with Crippen LogP contribution in [0.25, 0.3) is 0 Å². The maximum absolute atomic E-state index is 11.8. The first-order chi connectivity index (χ1) is 15.3. The van der Waals surface area contributed by atoms with Crippen molar-refractivity contribution in [3.05, 3.63) is 6.33 Å². The third-order valence-corrected chi connectivity index (χ3v) is 5.14. The lowest BCUT2D eigenvalue weighted by molar-refractivity contribution is -0.195. The van der Waals surface area contributed by atoms with Crippen LogP contribution in [-0.2, 0) is 38.1 Å². The molecule has 0 saturated carbocycles. The number of hydrogen-bond donors (Lipinski definition) is 2. The van der Waals surface area contributed by atoms with Crippen LogP contribution in [0.3, 0.4) is 0 Å². The van der Waals surface area contributed by atoms with Crippen molar-refractivity contribution in [2.75, 3.05) is 35.4 Å². The van der Waals surface area contributed by atoms with E-state index in [0.29, 0.717) is 30.5 Å². The van der Waals surface area contributed by atoms with Gasteiger partial charge in [-0.15, -0.1) is 0 Å². The van der Waals surface area contributed by atoms with Crippen molar-refractivity contribution in [3.8, 4) is 0 Å². The van der Waals surface area contributed by atoms with Gasteiger partial charge in [0.1, 0.15) is 12.0 Å². The lowest BCUT2D eigenvalue weighted by Gasteiger charge is -2.28. The molecule has 5 atom stereocenters. The van der Waals surface area contributed by atoms with Crippen LogP contribution in [0, 0.1) is 0 Å². The van der Waals surface area contributed by atoms with Gasteiger partial charge in [-0.05, 0) is 6.42 Å². The SMILES string of the molecule is CC(=O)O[C@H]1OC(N2CNc3c(N[C@@H]4CCOC4)ncnc32)[C@H](OC(C)=O)[C@@H]1OC(C)=O. The number of anilines is 3. The van der Waals surface area contributed by atoms with Gasteiger partial charge in [0.25, 0.3) is 0 Å². The normalized spacial score (nSPS) is 28.6. The summed E-state index contributed by atoms with van der Waals surface area (Å²) in [7, 11) is 0. The number of esters is 3. The molecule has 1 aromatic heterocycles. The van der Waals surface area contributed by atoms with Crippen LogP contribution < -0.4 is 15.5 Å². The number of ether oxygens (including phenoxy) is 5. The molecule has 2 saturated heterocycles. The molecule has 4 heterocycles. The molecule has 0 spiro atoms. The third kappa shape index (κ3) is 4.53. The van der Waals surface area contributed by atoms with E-state index in [0.717, 1.165) is 6.42 Å². The van der Waals surface area contributed by atoms with Gasteiger partial charge in [0.2, 0.25) is 12.4 Å². The maximum Gasteiger partial charge on any atom is 0.305 e. The van der Waals surface area contributed by atoms with Crippen LogP contribution >= 0.6 is 0 Å². The molecule has 174 valence electrons. The Morgan fingerprint density at radius 2 is 1.81 bits per heavy atom. The number of nitrogens with one attached hydrogen (secondary N) is 2. The summed E-state index contributed by atoms with van der Waals surface area (Å²) in [5, 5.41) is 6.55. The van der Waals surface area contributed by atoms with Crippen molar-refractivity contribution in [3.63, 3.8) is 0 Å². The average molecular weight is 451 g/mol. The minimum absolute atomic E-state index is 0.128. The molecule has 0 aromatic carbocycles. The maximum atomic E-state index is 11.8. The number of hydrogen-bond acceptors (Lipinski definition) is 13. The van der Waals surface area contributed by atoms with Crippen molar-refractivity contribution < 1.29 is 38.1 Å². The molecule has 3 aliphatic rings. The van der Waals surface area contributed by atoms with Gasteiger partial charge in [0.05, 0.1) is 19.3 Å². The Kier molecular flexibility index (Phi) is 6.28. The summed E-state index contributed by atoms with van der Waals surface area (Å²) in [6.07, 6.45) is -2.16. The van der Waals surface area contributed by atoms with Crippen LogP contribution in [0.2, 0.25) is 0 Å². The Morgan fingerprint density at radius 3 is 2.47 bits per heavy atom. The fraction of sp³-hybridized carbons (Fsp3) is 0.632. The minimum atomic E-state index is -1.26. The second-order valence-corrected chi connectivity index (χ2v) is 7.58. The highest BCUT2D eigenvalue weighted by molar-refractivity contribution is 5.81. The molecule has 1 unspecified atom stereocenters. The van der Waals surface area contributed by atoms with Gasteiger partial charge in [0, 0.05) is 27.4 Å². The standard InChI is InChI=1S/C19H25N5O8/c1-9(25)29-14-15(30-10(2)26)19(31-11(3)27)32-18(14)24-8-22-13-16(20-7-21-17(13)24)23-12-4-5-28-6-12/h7,12,14-15,18-19,22H,4-6,8H2,1-3H3,(H,20,21,23)/t12-,14-,15+,18?,19+/m1/s1. The van der Waals surface area contributed by atoms with Crippen molar-refractivity contribution in [1.82, 2.24) is 9.97 Å². The highest BCUT2D eigenvalue weighted by Gasteiger charge is 2.54. The van der Waals surface area contributed by atoms with Gasteiger partial charge in [0.15, 0.2) is 24.0 Å². The van der Waals surface area contributed by atoms with Gasteiger partial charge < -0.3 is 39.2 Å². The molecular weight excluding hydrogens is 426 g/mol. The molecular formula is C19H25N5O8. The molecule has 3 aliphatic heterocycles. The zero-order valence-electron chi connectivity index (χ0n) is 17.9. The molecule has 0 bridgehead atoms. The number of rotatable bonds is 6. The Bertz CT molecular complexity index is 892. The first-order valence-electron chi connectivity index (χ1n) is 10.2. The van der Waals surface area contributed by atoms with Crippen molar-refractivity contribution in [1.29, 1.82) is 0 Å². The van der Waals surface area contributed by atoms with E-state index in [2.05, 4.69) is 20.6 Å². The summed E-state index contributed by atoms with van der Waals surface area (Å²) in [4.78, 5) is 45.4. The summed E-state index contributed by atoms with van der Waals surface area (Å²) < 4.78 is 27.2. The van der Waals surface area contributed by atoms with E-state index >= 15 is 0 Å². The van der Waals surface area contributed by atoms with Gasteiger partial charge >= 0.3 is 17.9 Å². The lowest BCUT2D eigenvalue weighted by atomic mass is 10.2. The fourth-order valence-corrected chi connectivity index (χ4v) is 3.91. The predicted molar refractivity (Wildman–Crippen MR) is 107 cm³/mol. The van der Waals surface area contributed by atoms with E-state index in [1.54, 1.807) is 4.90 Å². The Balaban J connectivity index is 1.62. The Morgan fingerprint density at radius 1 is 1.09 bits per heavy atom. The number of fused-ring (bicyclic) bond motifs is 1. The summed E-state index contributed by atoms with van der Waals surface area (Å²) in [5.74, 6) is -0.789. The summed E-state index contributed by atoms with van der Waals surface area (Å²) in [5.41, 5.74) is 0.643. The highest BCUT2D eigenvalue weighted by atomic mass is 16.8. The molecule has 0 radical (unpaired) electrons. The summed E-state index contributed by atoms with van der Waals surface area (Å²) >= 11 is 0. The number of nitrogens with zero attached hydrogens (tertiary/aromatic N) is 3. The minimum Gasteiger partial charge on any atom is -0.453 e. The smallest absolute Gasteiger partial charge is 0.305 e.